The van der Waals surface area contributed by atoms with Gasteiger partial charge in [0.15, 0.2) is 0 Å². The molecule has 1 aromatic carbocycles. The van der Waals surface area contributed by atoms with E-state index in [2.05, 4.69) is 11.1 Å². The van der Waals surface area contributed by atoms with Gasteiger partial charge in [0.05, 0.1) is 0 Å². The number of hydrogen-bond acceptors (Lipinski definition) is 2. The Morgan fingerprint density at radius 2 is 2.20 bits per heavy atom. The summed E-state index contributed by atoms with van der Waals surface area (Å²) in [5.74, 6) is -0.0190. The summed E-state index contributed by atoms with van der Waals surface area (Å²) in [7, 11) is 0. The number of amidine groups is 1. The molecule has 1 heterocycles. The van der Waals surface area contributed by atoms with Gasteiger partial charge >= 0.3 is 0 Å². The summed E-state index contributed by atoms with van der Waals surface area (Å²) in [5, 5.41) is 7.43. The van der Waals surface area contributed by atoms with Crippen LogP contribution in [0.4, 0.5) is 0 Å². The van der Waals surface area contributed by atoms with Gasteiger partial charge in [-0.05, 0) is 23.8 Å². The van der Waals surface area contributed by atoms with Crippen LogP contribution >= 0.6 is 0 Å². The average Bonchev–Trinajstić information content (AvgIpc) is 2.30. The Morgan fingerprint density at radius 3 is 2.87 bits per heavy atom. The number of nitrogens with two attached hydrogens (primary N) is 1. The van der Waals surface area contributed by atoms with E-state index in [0.29, 0.717) is 5.69 Å². The van der Waals surface area contributed by atoms with Gasteiger partial charge in [-0.1, -0.05) is 24.3 Å². The number of rotatable bonds is 2. The van der Waals surface area contributed by atoms with Gasteiger partial charge in [-0.25, -0.2) is 0 Å². The van der Waals surface area contributed by atoms with E-state index in [1.807, 2.05) is 36.4 Å². The lowest BCUT2D eigenvalue weighted by molar-refractivity contribution is 1.26. The van der Waals surface area contributed by atoms with E-state index in [1.54, 1.807) is 6.20 Å². The zero-order valence-corrected chi connectivity index (χ0v) is 8.07. The first-order valence-corrected chi connectivity index (χ1v) is 4.55. The number of benzene rings is 1. The molecule has 0 fully saturated rings. The monoisotopic (exact) mass is 196 g/mol. The Labute approximate surface area is 88.1 Å². The van der Waals surface area contributed by atoms with Crippen LogP contribution in [0, 0.1) is 11.5 Å². The molecule has 0 aliphatic rings. The van der Waals surface area contributed by atoms with Crippen molar-refractivity contribution in [2.45, 2.75) is 0 Å². The number of nitrogen functional groups attached to an aromatic ring is 1. The molecule has 0 amide bonds. The first-order valence-electron chi connectivity index (χ1n) is 4.55. The van der Waals surface area contributed by atoms with Crippen LogP contribution in [0.2, 0.25) is 0 Å². The van der Waals surface area contributed by atoms with Gasteiger partial charge in [0.2, 0.25) is 0 Å². The van der Waals surface area contributed by atoms with Crippen molar-refractivity contribution in [2.75, 3.05) is 0 Å². The lowest BCUT2D eigenvalue weighted by Gasteiger charge is -2.06. The van der Waals surface area contributed by atoms with Crippen LogP contribution in [0.5, 0.6) is 0 Å². The van der Waals surface area contributed by atoms with Crippen LogP contribution in [0.1, 0.15) is 5.69 Å². The SMILES string of the molecule is N=C(N)c1ncccc1-c1c[c]ccc1. The van der Waals surface area contributed by atoms with Crippen molar-refractivity contribution in [2.24, 2.45) is 5.73 Å². The quantitative estimate of drug-likeness (QED) is 0.568. The van der Waals surface area contributed by atoms with Gasteiger partial charge in [-0.15, -0.1) is 0 Å². The number of aromatic nitrogens is 1. The smallest absolute Gasteiger partial charge is 0.142 e. The van der Waals surface area contributed by atoms with Gasteiger partial charge < -0.3 is 5.73 Å². The molecule has 2 rings (SSSR count). The molecule has 3 heteroatoms. The number of nitrogens with zero attached hydrogens (tertiary/aromatic N) is 1. The van der Waals surface area contributed by atoms with Gasteiger partial charge in [0, 0.05) is 11.8 Å². The molecule has 0 aliphatic heterocycles. The second kappa shape index (κ2) is 3.92. The van der Waals surface area contributed by atoms with E-state index in [0.717, 1.165) is 11.1 Å². The highest BCUT2D eigenvalue weighted by Gasteiger charge is 2.07. The standard InChI is InChI=1S/C12H10N3/c13-12(14)11-10(7-4-8-15-11)9-5-2-1-3-6-9/h1-2,4-8H,(H3,13,14). The molecule has 73 valence electrons. The third-order valence-electron chi connectivity index (χ3n) is 2.08. The van der Waals surface area contributed by atoms with Crippen LogP contribution in [-0.4, -0.2) is 10.8 Å². The maximum absolute atomic E-state index is 7.43. The lowest BCUT2D eigenvalue weighted by Crippen LogP contribution is -2.14. The largest absolute Gasteiger partial charge is 0.382 e. The fourth-order valence-corrected chi connectivity index (χ4v) is 1.41. The van der Waals surface area contributed by atoms with E-state index in [9.17, 15) is 0 Å². The predicted octanol–water partition coefficient (Wildman–Crippen LogP) is 1.83. The fraction of sp³-hybridized carbons (Fsp3) is 0. The van der Waals surface area contributed by atoms with Gasteiger partial charge in [-0.2, -0.15) is 0 Å². The van der Waals surface area contributed by atoms with Crippen LogP contribution in [-0.2, 0) is 0 Å². The Morgan fingerprint density at radius 1 is 1.33 bits per heavy atom. The number of pyridine rings is 1. The van der Waals surface area contributed by atoms with E-state index in [1.165, 1.54) is 0 Å². The third-order valence-corrected chi connectivity index (χ3v) is 2.08. The molecular weight excluding hydrogens is 186 g/mol. The number of hydrogen-bond donors (Lipinski definition) is 2. The van der Waals surface area contributed by atoms with Crippen LogP contribution < -0.4 is 5.73 Å². The van der Waals surface area contributed by atoms with Crippen LogP contribution in [0.15, 0.2) is 42.6 Å². The molecule has 0 spiro atoms. The van der Waals surface area contributed by atoms with Crippen molar-refractivity contribution in [1.29, 1.82) is 5.41 Å². The van der Waals surface area contributed by atoms with Crippen molar-refractivity contribution in [1.82, 2.24) is 4.98 Å². The van der Waals surface area contributed by atoms with Crippen molar-refractivity contribution in [3.8, 4) is 11.1 Å². The van der Waals surface area contributed by atoms with E-state index in [4.69, 9.17) is 11.1 Å². The summed E-state index contributed by atoms with van der Waals surface area (Å²) in [4.78, 5) is 4.09. The summed E-state index contributed by atoms with van der Waals surface area (Å²) < 4.78 is 0. The Hall–Kier alpha value is -2.16. The highest BCUT2D eigenvalue weighted by Crippen LogP contribution is 2.20. The second-order valence-electron chi connectivity index (χ2n) is 3.11. The number of nitrogens with one attached hydrogen (secondary N) is 1. The minimum atomic E-state index is -0.0190. The predicted molar refractivity (Wildman–Crippen MR) is 59.5 cm³/mol. The Kier molecular flexibility index (Phi) is 2.46. The molecule has 0 unspecified atom stereocenters. The summed E-state index contributed by atoms with van der Waals surface area (Å²) in [6, 6.07) is 14.2. The molecule has 0 saturated carbocycles. The van der Waals surface area contributed by atoms with Crippen molar-refractivity contribution in [3.63, 3.8) is 0 Å². The Bertz CT molecular complexity index is 477. The van der Waals surface area contributed by atoms with Crippen LogP contribution in [0.25, 0.3) is 11.1 Å². The van der Waals surface area contributed by atoms with E-state index in [-0.39, 0.29) is 5.84 Å². The lowest BCUT2D eigenvalue weighted by atomic mass is 10.0. The molecule has 1 aromatic heterocycles. The Balaban J connectivity index is 2.58. The second-order valence-corrected chi connectivity index (χ2v) is 3.11. The molecule has 0 bridgehead atoms. The molecule has 3 N–H and O–H groups in total. The topological polar surface area (TPSA) is 62.8 Å². The third kappa shape index (κ3) is 1.86. The molecule has 3 nitrogen and oxygen atoms in total. The molecule has 2 aromatic rings. The highest BCUT2D eigenvalue weighted by atomic mass is 14.8. The van der Waals surface area contributed by atoms with E-state index < -0.39 is 0 Å². The van der Waals surface area contributed by atoms with Gasteiger partial charge in [-0.3, -0.25) is 10.4 Å². The first kappa shape index (κ1) is 9.40. The molecule has 1 radical (unpaired) electrons. The van der Waals surface area contributed by atoms with Gasteiger partial charge in [0.25, 0.3) is 0 Å². The zero-order valence-electron chi connectivity index (χ0n) is 8.07. The zero-order chi connectivity index (χ0) is 10.7. The summed E-state index contributed by atoms with van der Waals surface area (Å²) in [5.41, 5.74) is 7.80. The van der Waals surface area contributed by atoms with E-state index >= 15 is 0 Å². The minimum absolute atomic E-state index is 0.0190. The minimum Gasteiger partial charge on any atom is -0.382 e. The molecular formula is C12H10N3. The maximum Gasteiger partial charge on any atom is 0.142 e. The first-order chi connectivity index (χ1) is 7.29. The van der Waals surface area contributed by atoms with Crippen molar-refractivity contribution in [3.05, 3.63) is 54.4 Å². The molecule has 0 atom stereocenters. The summed E-state index contributed by atoms with van der Waals surface area (Å²) in [6.45, 7) is 0. The molecule has 15 heavy (non-hydrogen) atoms. The fourth-order valence-electron chi connectivity index (χ4n) is 1.41. The highest BCUT2D eigenvalue weighted by molar-refractivity contribution is 5.99. The summed E-state index contributed by atoms with van der Waals surface area (Å²) >= 11 is 0. The normalized spacial score (nSPS) is 9.87. The summed E-state index contributed by atoms with van der Waals surface area (Å²) in [6.07, 6.45) is 1.63. The average molecular weight is 196 g/mol. The molecule has 0 saturated heterocycles. The van der Waals surface area contributed by atoms with Crippen LogP contribution in [0.3, 0.4) is 0 Å². The van der Waals surface area contributed by atoms with Gasteiger partial charge in [0.1, 0.15) is 11.5 Å². The van der Waals surface area contributed by atoms with Crippen molar-refractivity contribution >= 4 is 5.84 Å². The molecule has 0 aliphatic carbocycles. The van der Waals surface area contributed by atoms with Crippen molar-refractivity contribution < 1.29 is 0 Å². The maximum atomic E-state index is 7.43.